The van der Waals surface area contributed by atoms with Crippen LogP contribution in [0.5, 0.6) is 0 Å². The normalized spacial score (nSPS) is 26.5. The third-order valence-electron chi connectivity index (χ3n) is 5.70. The maximum absolute atomic E-state index is 14.2. The fourth-order valence-electron chi connectivity index (χ4n) is 4.06. The largest absolute Gasteiger partial charge is 0.378 e. The minimum atomic E-state index is -3.53. The molecule has 1 aromatic carbocycles. The van der Waals surface area contributed by atoms with Crippen LogP contribution in [0, 0.1) is 17.8 Å². The number of rotatable bonds is 6. The molecule has 1 N–H and O–H groups in total. The van der Waals surface area contributed by atoms with Gasteiger partial charge >= 0.3 is 0 Å². The number of aromatic nitrogens is 1. The highest BCUT2D eigenvalue weighted by molar-refractivity contribution is 7.67. The number of nitrogens with zero attached hydrogens (tertiary/aromatic N) is 1. The first-order valence-electron chi connectivity index (χ1n) is 9.83. The van der Waals surface area contributed by atoms with Gasteiger partial charge in [-0.3, -0.25) is 9.55 Å². The van der Waals surface area contributed by atoms with E-state index in [9.17, 15) is 9.67 Å². The highest BCUT2D eigenvalue weighted by Crippen LogP contribution is 2.60. The molecule has 1 heterocycles. The lowest BCUT2D eigenvalue weighted by Gasteiger charge is -2.39. The quantitative estimate of drug-likeness (QED) is 0.696. The van der Waals surface area contributed by atoms with Crippen molar-refractivity contribution in [2.45, 2.75) is 52.0 Å². The van der Waals surface area contributed by atoms with Crippen molar-refractivity contribution in [2.24, 2.45) is 17.8 Å². The van der Waals surface area contributed by atoms with Gasteiger partial charge < -0.3 is 9.63 Å². The van der Waals surface area contributed by atoms with E-state index in [-0.39, 0.29) is 6.10 Å². The van der Waals surface area contributed by atoms with Crippen LogP contribution in [0.25, 0.3) is 0 Å². The number of benzene rings is 1. The van der Waals surface area contributed by atoms with E-state index >= 15 is 0 Å². The summed E-state index contributed by atoms with van der Waals surface area (Å²) in [4.78, 5) is 4.00. The van der Waals surface area contributed by atoms with Gasteiger partial charge in [-0.25, -0.2) is 0 Å². The van der Waals surface area contributed by atoms with E-state index in [2.05, 4.69) is 25.8 Å². The molecule has 1 aliphatic carbocycles. The third kappa shape index (κ3) is 4.51. The van der Waals surface area contributed by atoms with Crippen LogP contribution in [0.4, 0.5) is 0 Å². The Morgan fingerprint density at radius 3 is 2.41 bits per heavy atom. The Kier molecular flexibility index (Phi) is 6.52. The van der Waals surface area contributed by atoms with Crippen LogP contribution in [0.2, 0.25) is 0 Å². The van der Waals surface area contributed by atoms with Gasteiger partial charge in [0, 0.05) is 17.7 Å². The van der Waals surface area contributed by atoms with Gasteiger partial charge in [0.2, 0.25) is 0 Å². The summed E-state index contributed by atoms with van der Waals surface area (Å²) in [5.41, 5.74) is 0.571. The van der Waals surface area contributed by atoms with Gasteiger partial charge in [0.05, 0.1) is 6.10 Å². The number of aliphatic hydroxyl groups excluding tert-OH is 1. The molecular formula is C22H30NO3P. The molecule has 0 aliphatic heterocycles. The number of pyridine rings is 1. The van der Waals surface area contributed by atoms with Gasteiger partial charge in [-0.1, -0.05) is 45.4 Å². The molecule has 0 spiro atoms. The maximum atomic E-state index is 14.2. The summed E-state index contributed by atoms with van der Waals surface area (Å²) in [6.45, 7) is 6.62. The first-order chi connectivity index (χ1) is 12.9. The molecule has 5 atom stereocenters. The Bertz CT molecular complexity index is 766. The second-order valence-electron chi connectivity index (χ2n) is 8.06. The fourth-order valence-corrected chi connectivity index (χ4v) is 6.38. The zero-order valence-corrected chi connectivity index (χ0v) is 17.3. The smallest absolute Gasteiger partial charge is 0.264 e. The average Bonchev–Trinajstić information content (AvgIpc) is 2.68. The molecule has 3 rings (SSSR count). The Labute approximate surface area is 162 Å². The Morgan fingerprint density at radius 2 is 1.78 bits per heavy atom. The van der Waals surface area contributed by atoms with Crippen LogP contribution in [0.1, 0.15) is 51.4 Å². The zero-order chi connectivity index (χ0) is 19.4. The highest BCUT2D eigenvalue weighted by Gasteiger charge is 2.42. The van der Waals surface area contributed by atoms with Crippen molar-refractivity contribution in [3.05, 3.63) is 60.4 Å². The molecule has 5 heteroatoms. The van der Waals surface area contributed by atoms with Gasteiger partial charge in [0.25, 0.3) is 7.37 Å². The maximum Gasteiger partial charge on any atom is 0.264 e. The molecule has 2 aromatic rings. The van der Waals surface area contributed by atoms with E-state index in [0.717, 1.165) is 12.8 Å². The molecular weight excluding hydrogens is 357 g/mol. The van der Waals surface area contributed by atoms with Crippen molar-refractivity contribution in [3.63, 3.8) is 0 Å². The molecule has 0 bridgehead atoms. The summed E-state index contributed by atoms with van der Waals surface area (Å²) in [7, 11) is -3.53. The van der Waals surface area contributed by atoms with E-state index < -0.39 is 13.2 Å². The lowest BCUT2D eigenvalue weighted by atomic mass is 9.75. The molecule has 1 fully saturated rings. The number of hydrogen-bond acceptors (Lipinski definition) is 4. The SMILES string of the molecule is CC(C)[C@H]1CC[C@@H](C)C[C@H]1O[P@@](=O)(c1ccccc1)[C@H](O)c1ccncc1. The topological polar surface area (TPSA) is 59.4 Å². The van der Waals surface area contributed by atoms with Crippen molar-refractivity contribution in [2.75, 3.05) is 0 Å². The van der Waals surface area contributed by atoms with Crippen LogP contribution in [0.15, 0.2) is 54.9 Å². The van der Waals surface area contributed by atoms with Crippen molar-refractivity contribution < 1.29 is 14.2 Å². The van der Waals surface area contributed by atoms with Crippen molar-refractivity contribution in [1.82, 2.24) is 4.98 Å². The van der Waals surface area contributed by atoms with E-state index in [0.29, 0.717) is 28.6 Å². The summed E-state index contributed by atoms with van der Waals surface area (Å²) in [6, 6.07) is 12.6. The van der Waals surface area contributed by atoms with Crippen molar-refractivity contribution in [1.29, 1.82) is 0 Å². The Balaban J connectivity index is 1.98. The Hall–Kier alpha value is -1.48. The number of aliphatic hydroxyl groups is 1. The second kappa shape index (κ2) is 8.68. The first kappa shape index (κ1) is 20.3. The molecule has 0 radical (unpaired) electrons. The van der Waals surface area contributed by atoms with Crippen LogP contribution in [0.3, 0.4) is 0 Å². The molecule has 0 saturated heterocycles. The van der Waals surface area contributed by atoms with Gasteiger partial charge in [0.15, 0.2) is 5.85 Å². The second-order valence-corrected chi connectivity index (χ2v) is 10.5. The van der Waals surface area contributed by atoms with Gasteiger partial charge in [-0.15, -0.1) is 0 Å². The summed E-state index contributed by atoms with van der Waals surface area (Å²) in [5.74, 6) is 0.132. The van der Waals surface area contributed by atoms with Crippen molar-refractivity contribution in [3.8, 4) is 0 Å². The molecule has 27 heavy (non-hydrogen) atoms. The predicted octanol–water partition coefficient (Wildman–Crippen LogP) is 5.15. The molecule has 0 amide bonds. The minimum Gasteiger partial charge on any atom is -0.378 e. The standard InChI is InChI=1S/C22H30NO3P/c1-16(2)20-10-9-17(3)15-21(20)26-27(25,19-7-5-4-6-8-19)22(24)18-11-13-23-14-12-18/h4-8,11-14,16-17,20-22,24H,9-10,15H2,1-3H3/t17-,20-,21-,22+,27+/m1/s1. The van der Waals surface area contributed by atoms with E-state index in [1.807, 2.05) is 18.2 Å². The minimum absolute atomic E-state index is 0.115. The first-order valence-corrected chi connectivity index (χ1v) is 11.5. The molecule has 1 aromatic heterocycles. The lowest BCUT2D eigenvalue weighted by Crippen LogP contribution is -2.35. The van der Waals surface area contributed by atoms with Crippen LogP contribution < -0.4 is 5.30 Å². The number of hydrogen-bond donors (Lipinski definition) is 1. The summed E-state index contributed by atoms with van der Waals surface area (Å²) in [6.07, 6.45) is 6.22. The van der Waals surface area contributed by atoms with Crippen LogP contribution >= 0.6 is 7.37 Å². The van der Waals surface area contributed by atoms with E-state index in [1.54, 1.807) is 36.7 Å². The molecule has 1 aliphatic rings. The molecule has 1 saturated carbocycles. The highest BCUT2D eigenvalue weighted by atomic mass is 31.2. The van der Waals surface area contributed by atoms with Gasteiger partial charge in [0.1, 0.15) is 0 Å². The third-order valence-corrected chi connectivity index (χ3v) is 8.24. The van der Waals surface area contributed by atoms with E-state index in [1.165, 1.54) is 6.42 Å². The van der Waals surface area contributed by atoms with Crippen molar-refractivity contribution >= 4 is 12.7 Å². The van der Waals surface area contributed by atoms with Gasteiger partial charge in [-0.05, 0) is 60.4 Å². The lowest BCUT2D eigenvalue weighted by molar-refractivity contribution is 0.0427. The zero-order valence-electron chi connectivity index (χ0n) is 16.4. The predicted molar refractivity (Wildman–Crippen MR) is 109 cm³/mol. The Morgan fingerprint density at radius 1 is 1.11 bits per heavy atom. The van der Waals surface area contributed by atoms with Crippen LogP contribution in [-0.4, -0.2) is 16.2 Å². The van der Waals surface area contributed by atoms with Gasteiger partial charge in [-0.2, -0.15) is 0 Å². The average molecular weight is 387 g/mol. The summed E-state index contributed by atoms with van der Waals surface area (Å²) < 4.78 is 20.6. The fraction of sp³-hybridized carbons (Fsp3) is 0.500. The summed E-state index contributed by atoms with van der Waals surface area (Å²) >= 11 is 0. The monoisotopic (exact) mass is 387 g/mol. The summed E-state index contributed by atoms with van der Waals surface area (Å²) in [5, 5.41) is 11.7. The molecule has 4 nitrogen and oxygen atoms in total. The van der Waals surface area contributed by atoms with E-state index in [4.69, 9.17) is 4.52 Å². The molecule has 0 unspecified atom stereocenters. The van der Waals surface area contributed by atoms with Crippen LogP contribution in [-0.2, 0) is 9.09 Å². The molecule has 146 valence electrons.